The highest BCUT2D eigenvalue weighted by molar-refractivity contribution is 5.93. The molecule has 3 aromatic carbocycles. The lowest BCUT2D eigenvalue weighted by Gasteiger charge is -2.41. The van der Waals surface area contributed by atoms with Crippen LogP contribution in [-0.2, 0) is 5.41 Å². The molecular weight excluding hydrogens is 450 g/mol. The largest absolute Gasteiger partial charge is 0.497 e. The minimum absolute atomic E-state index is 0.0228. The van der Waals surface area contributed by atoms with Crippen molar-refractivity contribution in [1.82, 2.24) is 9.88 Å². The van der Waals surface area contributed by atoms with Crippen LogP contribution in [0.3, 0.4) is 0 Å². The van der Waals surface area contributed by atoms with Gasteiger partial charge in [0.25, 0.3) is 0 Å². The van der Waals surface area contributed by atoms with Crippen molar-refractivity contribution in [2.75, 3.05) is 26.1 Å². The average Bonchev–Trinajstić information content (AvgIpc) is 3.51. The van der Waals surface area contributed by atoms with Gasteiger partial charge in [-0.25, -0.2) is 4.79 Å². The van der Waals surface area contributed by atoms with Crippen molar-refractivity contribution in [2.24, 2.45) is 0 Å². The van der Waals surface area contributed by atoms with Gasteiger partial charge in [-0.1, -0.05) is 24.3 Å². The third kappa shape index (κ3) is 3.60. The van der Waals surface area contributed by atoms with Gasteiger partial charge in [0.1, 0.15) is 17.5 Å². The number of rotatable bonds is 4. The van der Waals surface area contributed by atoms with Crippen LogP contribution in [0, 0.1) is 13.8 Å². The molecule has 1 fully saturated rings. The monoisotopic (exact) mass is 481 g/mol. The standard InChI is InChI=1S/C30H31N3O3/c1-18-13-19(2)15-20(14-18)31-29(34)33-17-30(11-12-30)26-22-7-5-6-8-24(22)32-27(26)28(33)23-10-9-21(35-3)16-25(23)36-4/h5-10,13-16,28,32H,11-12,17H2,1-4H3,(H,31,34). The fraction of sp³-hybridized carbons (Fsp3) is 0.300. The van der Waals surface area contributed by atoms with E-state index in [4.69, 9.17) is 9.47 Å². The van der Waals surface area contributed by atoms with Gasteiger partial charge in [0, 0.05) is 45.9 Å². The molecular formula is C30H31N3O3. The Bertz CT molecular complexity index is 1460. The van der Waals surface area contributed by atoms with Crippen LogP contribution in [0.25, 0.3) is 10.9 Å². The number of carbonyl (C=O) groups is 1. The number of carbonyl (C=O) groups excluding carboxylic acids is 1. The molecule has 1 atom stereocenters. The lowest BCUT2D eigenvalue weighted by Crippen LogP contribution is -2.47. The number of aromatic nitrogens is 1. The van der Waals surface area contributed by atoms with Crippen LogP contribution in [0.1, 0.15) is 46.8 Å². The average molecular weight is 482 g/mol. The molecule has 1 spiro atoms. The number of anilines is 1. The molecule has 0 saturated heterocycles. The summed E-state index contributed by atoms with van der Waals surface area (Å²) in [6.45, 7) is 4.74. The van der Waals surface area contributed by atoms with Gasteiger partial charge in [-0.3, -0.25) is 0 Å². The molecule has 2 heterocycles. The number of amides is 2. The van der Waals surface area contributed by atoms with Crippen LogP contribution >= 0.6 is 0 Å². The first-order valence-corrected chi connectivity index (χ1v) is 12.4. The number of nitrogens with zero attached hydrogens (tertiary/aromatic N) is 1. The number of aromatic amines is 1. The SMILES string of the molecule is COc1ccc(C2c3[nH]c4ccccc4c3C3(CC3)CN2C(=O)Nc2cc(C)cc(C)c2)c(OC)c1. The highest BCUT2D eigenvalue weighted by Crippen LogP contribution is 2.58. The first kappa shape index (κ1) is 22.5. The van der Waals surface area contributed by atoms with Gasteiger partial charge >= 0.3 is 6.03 Å². The summed E-state index contributed by atoms with van der Waals surface area (Å²) >= 11 is 0. The topological polar surface area (TPSA) is 66.6 Å². The predicted molar refractivity (Wildman–Crippen MR) is 142 cm³/mol. The molecule has 1 aromatic heterocycles. The fourth-order valence-electron chi connectivity index (χ4n) is 5.95. The number of aryl methyl sites for hydroxylation is 2. The van der Waals surface area contributed by atoms with E-state index in [1.165, 1.54) is 10.9 Å². The van der Waals surface area contributed by atoms with Gasteiger partial charge in [0.05, 0.1) is 14.2 Å². The number of fused-ring (bicyclic) bond motifs is 4. The Hall–Kier alpha value is -3.93. The normalized spacial score (nSPS) is 17.7. The minimum atomic E-state index is -0.328. The number of benzene rings is 3. The van der Waals surface area contributed by atoms with Crippen LogP contribution in [0.4, 0.5) is 10.5 Å². The fourth-order valence-corrected chi connectivity index (χ4v) is 5.95. The first-order valence-electron chi connectivity index (χ1n) is 12.4. The number of urea groups is 1. The van der Waals surface area contributed by atoms with E-state index in [-0.39, 0.29) is 17.5 Å². The van der Waals surface area contributed by atoms with Crippen molar-refractivity contribution >= 4 is 22.6 Å². The lowest BCUT2D eigenvalue weighted by molar-refractivity contribution is 0.180. The predicted octanol–water partition coefficient (Wildman–Crippen LogP) is 6.47. The summed E-state index contributed by atoms with van der Waals surface area (Å²) in [6.07, 6.45) is 2.14. The van der Waals surface area contributed by atoms with Crippen molar-refractivity contribution in [3.05, 3.63) is 88.6 Å². The minimum Gasteiger partial charge on any atom is -0.497 e. The van der Waals surface area contributed by atoms with E-state index in [1.807, 2.05) is 49.1 Å². The molecule has 6 nitrogen and oxygen atoms in total. The second-order valence-corrected chi connectivity index (χ2v) is 10.2. The van der Waals surface area contributed by atoms with Crippen LogP contribution in [0.5, 0.6) is 11.5 Å². The third-order valence-corrected chi connectivity index (χ3v) is 7.65. The zero-order valence-corrected chi connectivity index (χ0v) is 21.1. The second kappa shape index (κ2) is 8.33. The van der Waals surface area contributed by atoms with E-state index in [1.54, 1.807) is 14.2 Å². The molecule has 0 radical (unpaired) electrons. The van der Waals surface area contributed by atoms with Gasteiger partial charge in [0.2, 0.25) is 0 Å². The molecule has 4 aromatic rings. The summed E-state index contributed by atoms with van der Waals surface area (Å²) in [4.78, 5) is 19.7. The molecule has 36 heavy (non-hydrogen) atoms. The van der Waals surface area contributed by atoms with E-state index in [0.29, 0.717) is 18.0 Å². The van der Waals surface area contributed by atoms with Crippen LogP contribution in [0.2, 0.25) is 0 Å². The number of methoxy groups -OCH3 is 2. The molecule has 2 amide bonds. The highest BCUT2D eigenvalue weighted by Gasteiger charge is 2.55. The summed E-state index contributed by atoms with van der Waals surface area (Å²) in [5.41, 5.74) is 7.47. The Morgan fingerprint density at radius 3 is 2.44 bits per heavy atom. The Balaban J connectivity index is 1.51. The maximum Gasteiger partial charge on any atom is 0.322 e. The molecule has 6 rings (SSSR count). The van der Waals surface area contributed by atoms with E-state index in [2.05, 4.69) is 40.6 Å². The maximum absolute atomic E-state index is 14.0. The number of hydrogen-bond donors (Lipinski definition) is 2. The van der Waals surface area contributed by atoms with Gasteiger partial charge in [0.15, 0.2) is 0 Å². The van der Waals surface area contributed by atoms with Crippen molar-refractivity contribution in [1.29, 1.82) is 0 Å². The Morgan fingerprint density at radius 2 is 1.75 bits per heavy atom. The summed E-state index contributed by atoms with van der Waals surface area (Å²) in [7, 11) is 3.31. The van der Waals surface area contributed by atoms with Crippen molar-refractivity contribution < 1.29 is 14.3 Å². The molecule has 0 bridgehead atoms. The lowest BCUT2D eigenvalue weighted by atomic mass is 9.83. The number of hydrogen-bond acceptors (Lipinski definition) is 3. The van der Waals surface area contributed by atoms with E-state index >= 15 is 0 Å². The van der Waals surface area contributed by atoms with Crippen LogP contribution in [0.15, 0.2) is 60.7 Å². The molecule has 1 saturated carbocycles. The van der Waals surface area contributed by atoms with Crippen LogP contribution < -0.4 is 14.8 Å². The first-order chi connectivity index (χ1) is 17.4. The molecule has 1 unspecified atom stereocenters. The number of H-pyrrole nitrogens is 1. The Labute approximate surface area is 211 Å². The number of ether oxygens (including phenoxy) is 2. The summed E-state index contributed by atoms with van der Waals surface area (Å²) in [5.74, 6) is 1.41. The maximum atomic E-state index is 14.0. The van der Waals surface area contributed by atoms with Gasteiger partial charge in [-0.15, -0.1) is 0 Å². The van der Waals surface area contributed by atoms with Crippen LogP contribution in [-0.4, -0.2) is 36.7 Å². The number of para-hydroxylation sites is 1. The zero-order chi connectivity index (χ0) is 25.0. The summed E-state index contributed by atoms with van der Waals surface area (Å²) in [5, 5.41) is 4.44. The van der Waals surface area contributed by atoms with Crippen molar-refractivity contribution in [2.45, 2.75) is 38.1 Å². The molecule has 2 aliphatic rings. The molecule has 6 heteroatoms. The van der Waals surface area contributed by atoms with Gasteiger partial charge < -0.3 is 24.7 Å². The van der Waals surface area contributed by atoms with E-state index in [9.17, 15) is 4.79 Å². The Morgan fingerprint density at radius 1 is 1.00 bits per heavy atom. The zero-order valence-electron chi connectivity index (χ0n) is 21.1. The quantitative estimate of drug-likeness (QED) is 0.351. The third-order valence-electron chi connectivity index (χ3n) is 7.65. The van der Waals surface area contributed by atoms with Crippen molar-refractivity contribution in [3.63, 3.8) is 0 Å². The van der Waals surface area contributed by atoms with Crippen molar-refractivity contribution in [3.8, 4) is 11.5 Å². The highest BCUT2D eigenvalue weighted by atomic mass is 16.5. The van der Waals surface area contributed by atoms with Gasteiger partial charge in [-0.05, 0) is 73.7 Å². The second-order valence-electron chi connectivity index (χ2n) is 10.2. The molecule has 184 valence electrons. The van der Waals surface area contributed by atoms with Gasteiger partial charge in [-0.2, -0.15) is 0 Å². The summed E-state index contributed by atoms with van der Waals surface area (Å²) in [6, 6.07) is 20.0. The summed E-state index contributed by atoms with van der Waals surface area (Å²) < 4.78 is 11.3. The van der Waals surface area contributed by atoms with E-state index in [0.717, 1.165) is 46.4 Å². The molecule has 1 aliphatic heterocycles. The smallest absolute Gasteiger partial charge is 0.322 e. The number of nitrogens with one attached hydrogen (secondary N) is 2. The Kier molecular flexibility index (Phi) is 5.21. The molecule has 1 aliphatic carbocycles. The molecule has 2 N–H and O–H groups in total. The van der Waals surface area contributed by atoms with E-state index < -0.39 is 0 Å².